The Morgan fingerprint density at radius 3 is 2.64 bits per heavy atom. The lowest BCUT2D eigenvalue weighted by Gasteiger charge is -2.42. The Labute approximate surface area is 69.2 Å². The zero-order chi connectivity index (χ0) is 8.01. The van der Waals surface area contributed by atoms with Gasteiger partial charge in [0.05, 0.1) is 0 Å². The Morgan fingerprint density at radius 1 is 1.18 bits per heavy atom. The molecule has 2 aliphatic heterocycles. The van der Waals surface area contributed by atoms with Crippen molar-refractivity contribution in [3.63, 3.8) is 0 Å². The summed E-state index contributed by atoms with van der Waals surface area (Å²) in [6.07, 6.45) is 2.82. The molecule has 0 aromatic carbocycles. The number of hydrogen-bond donors (Lipinski definition) is 0. The van der Waals surface area contributed by atoms with Crippen LogP contribution in [0.4, 0.5) is 0 Å². The van der Waals surface area contributed by atoms with E-state index in [1.54, 1.807) is 0 Å². The van der Waals surface area contributed by atoms with Crippen LogP contribution in [0.1, 0.15) is 19.8 Å². The van der Waals surface area contributed by atoms with Gasteiger partial charge in [0.1, 0.15) is 0 Å². The van der Waals surface area contributed by atoms with Gasteiger partial charge in [-0.25, -0.2) is 0 Å². The van der Waals surface area contributed by atoms with Crippen LogP contribution in [0.3, 0.4) is 0 Å². The highest BCUT2D eigenvalue weighted by Gasteiger charge is 2.40. The zero-order valence-electron chi connectivity index (χ0n) is 7.75. The van der Waals surface area contributed by atoms with Crippen LogP contribution in [0.5, 0.6) is 0 Å². The molecule has 0 radical (unpaired) electrons. The Hall–Kier alpha value is -0.0800. The van der Waals surface area contributed by atoms with Crippen molar-refractivity contribution in [2.75, 3.05) is 20.6 Å². The second-order valence-electron chi connectivity index (χ2n) is 4.14. The number of hydrogen-bond acceptors (Lipinski definition) is 2. The first-order valence-electron chi connectivity index (χ1n) is 4.62. The molecule has 0 aromatic rings. The number of likely N-dealkylation sites (N-methyl/N-ethyl adjacent to an activating group) is 2. The molecule has 11 heavy (non-hydrogen) atoms. The molecule has 2 saturated heterocycles. The van der Waals surface area contributed by atoms with Gasteiger partial charge in [-0.1, -0.05) is 0 Å². The highest BCUT2D eigenvalue weighted by atomic mass is 15.3. The van der Waals surface area contributed by atoms with E-state index in [9.17, 15) is 0 Å². The van der Waals surface area contributed by atoms with Gasteiger partial charge in [0, 0.05) is 24.7 Å². The molecule has 0 aliphatic carbocycles. The summed E-state index contributed by atoms with van der Waals surface area (Å²) in [5.74, 6) is 0. The standard InChI is InChI=1S/C9H18N2/c1-7-9-5-4-8(11(9)3)6-10(7)2/h7-9H,4-6H2,1-3H3. The molecule has 64 valence electrons. The minimum atomic E-state index is 0.763. The van der Waals surface area contributed by atoms with Gasteiger partial charge < -0.3 is 4.90 Å². The molecule has 3 atom stereocenters. The third kappa shape index (κ3) is 1.00. The van der Waals surface area contributed by atoms with E-state index in [2.05, 4.69) is 30.8 Å². The van der Waals surface area contributed by atoms with Gasteiger partial charge in [0.25, 0.3) is 0 Å². The number of piperazine rings is 1. The average molecular weight is 154 g/mol. The zero-order valence-corrected chi connectivity index (χ0v) is 7.75. The van der Waals surface area contributed by atoms with Crippen molar-refractivity contribution in [3.8, 4) is 0 Å². The van der Waals surface area contributed by atoms with Crippen LogP contribution in [-0.4, -0.2) is 48.6 Å². The van der Waals surface area contributed by atoms with Crippen LogP contribution in [0, 0.1) is 0 Å². The summed E-state index contributed by atoms with van der Waals surface area (Å²) in [5, 5.41) is 0. The molecule has 2 aliphatic rings. The summed E-state index contributed by atoms with van der Waals surface area (Å²) in [6.45, 7) is 3.62. The molecule has 2 bridgehead atoms. The first-order valence-corrected chi connectivity index (χ1v) is 4.62. The summed E-state index contributed by atoms with van der Waals surface area (Å²) in [6, 6.07) is 2.44. The van der Waals surface area contributed by atoms with E-state index in [0.29, 0.717) is 0 Å². The first kappa shape index (κ1) is 7.56. The second kappa shape index (κ2) is 2.46. The molecule has 2 fully saturated rings. The first-order chi connectivity index (χ1) is 5.20. The van der Waals surface area contributed by atoms with Crippen molar-refractivity contribution >= 4 is 0 Å². The maximum atomic E-state index is 2.57. The highest BCUT2D eigenvalue weighted by Crippen LogP contribution is 2.31. The summed E-state index contributed by atoms with van der Waals surface area (Å²) in [4.78, 5) is 5.08. The fourth-order valence-corrected chi connectivity index (χ4v) is 2.64. The van der Waals surface area contributed by atoms with Crippen molar-refractivity contribution in [2.24, 2.45) is 0 Å². The van der Waals surface area contributed by atoms with Crippen LogP contribution in [0.25, 0.3) is 0 Å². The van der Waals surface area contributed by atoms with E-state index in [1.165, 1.54) is 19.4 Å². The maximum Gasteiger partial charge on any atom is 0.0249 e. The molecule has 0 N–H and O–H groups in total. The Balaban J connectivity index is 2.16. The molecule has 2 heterocycles. The molecule has 0 spiro atoms. The number of likely N-dealkylation sites (tertiary alicyclic amines) is 1. The Bertz CT molecular complexity index is 158. The van der Waals surface area contributed by atoms with Crippen molar-refractivity contribution < 1.29 is 0 Å². The monoisotopic (exact) mass is 154 g/mol. The summed E-state index contributed by atoms with van der Waals surface area (Å²) in [7, 11) is 4.54. The van der Waals surface area contributed by atoms with E-state index in [-0.39, 0.29) is 0 Å². The smallest absolute Gasteiger partial charge is 0.0249 e. The van der Waals surface area contributed by atoms with Crippen molar-refractivity contribution in [1.29, 1.82) is 0 Å². The SMILES string of the molecule is CC1C2CCC(CN1C)N2C. The average Bonchev–Trinajstić information content (AvgIpc) is 2.23. The fraction of sp³-hybridized carbons (Fsp3) is 1.00. The van der Waals surface area contributed by atoms with Crippen molar-refractivity contribution in [1.82, 2.24) is 9.80 Å². The molecular weight excluding hydrogens is 136 g/mol. The predicted molar refractivity (Wildman–Crippen MR) is 46.7 cm³/mol. The molecule has 2 nitrogen and oxygen atoms in total. The molecule has 0 amide bonds. The third-order valence-electron chi connectivity index (χ3n) is 3.65. The summed E-state index contributed by atoms with van der Waals surface area (Å²) in [5.41, 5.74) is 0. The van der Waals surface area contributed by atoms with E-state index in [0.717, 1.165) is 18.1 Å². The number of rotatable bonds is 0. The topological polar surface area (TPSA) is 6.48 Å². The maximum absolute atomic E-state index is 2.57. The Kier molecular flexibility index (Phi) is 1.69. The lowest BCUT2D eigenvalue weighted by molar-refractivity contribution is 0.0594. The van der Waals surface area contributed by atoms with Gasteiger partial charge in [-0.2, -0.15) is 0 Å². The largest absolute Gasteiger partial charge is 0.301 e. The molecule has 2 heteroatoms. The summed E-state index contributed by atoms with van der Waals surface area (Å²) < 4.78 is 0. The molecule has 0 aromatic heterocycles. The van der Waals surface area contributed by atoms with Gasteiger partial charge in [0.15, 0.2) is 0 Å². The predicted octanol–water partition coefficient (Wildman–Crippen LogP) is 0.783. The lowest BCUT2D eigenvalue weighted by atomic mass is 10.1. The normalized spacial score (nSPS) is 46.6. The molecule has 2 rings (SSSR count). The van der Waals surface area contributed by atoms with Crippen LogP contribution in [-0.2, 0) is 0 Å². The van der Waals surface area contributed by atoms with Crippen LogP contribution < -0.4 is 0 Å². The number of nitrogens with zero attached hydrogens (tertiary/aromatic N) is 2. The van der Waals surface area contributed by atoms with Crippen LogP contribution in [0.2, 0.25) is 0 Å². The van der Waals surface area contributed by atoms with Crippen molar-refractivity contribution in [3.05, 3.63) is 0 Å². The van der Waals surface area contributed by atoms with E-state index in [4.69, 9.17) is 0 Å². The minimum Gasteiger partial charge on any atom is -0.301 e. The third-order valence-corrected chi connectivity index (χ3v) is 3.65. The minimum absolute atomic E-state index is 0.763. The molecule has 3 unspecified atom stereocenters. The second-order valence-corrected chi connectivity index (χ2v) is 4.14. The lowest BCUT2D eigenvalue weighted by Crippen LogP contribution is -2.55. The van der Waals surface area contributed by atoms with Crippen LogP contribution >= 0.6 is 0 Å². The van der Waals surface area contributed by atoms with Gasteiger partial charge in [-0.3, -0.25) is 4.90 Å². The van der Waals surface area contributed by atoms with Gasteiger partial charge >= 0.3 is 0 Å². The quantitative estimate of drug-likeness (QED) is 0.509. The Morgan fingerprint density at radius 2 is 1.91 bits per heavy atom. The van der Waals surface area contributed by atoms with Gasteiger partial charge in [0.2, 0.25) is 0 Å². The van der Waals surface area contributed by atoms with Gasteiger partial charge in [-0.05, 0) is 33.9 Å². The molecular formula is C9H18N2. The van der Waals surface area contributed by atoms with Crippen LogP contribution in [0.15, 0.2) is 0 Å². The van der Waals surface area contributed by atoms with E-state index >= 15 is 0 Å². The van der Waals surface area contributed by atoms with E-state index < -0.39 is 0 Å². The number of fused-ring (bicyclic) bond motifs is 2. The molecule has 0 saturated carbocycles. The van der Waals surface area contributed by atoms with Crippen molar-refractivity contribution in [2.45, 2.75) is 37.9 Å². The summed E-state index contributed by atoms with van der Waals surface area (Å²) >= 11 is 0. The fourth-order valence-electron chi connectivity index (χ4n) is 2.64. The highest BCUT2D eigenvalue weighted by molar-refractivity contribution is 4.97. The van der Waals surface area contributed by atoms with E-state index in [1.807, 2.05) is 0 Å². The van der Waals surface area contributed by atoms with Gasteiger partial charge in [-0.15, -0.1) is 0 Å².